The number of fused-ring (bicyclic) bond motifs is 1. The third-order valence-corrected chi connectivity index (χ3v) is 8.80. The molecule has 11 heteroatoms. The van der Waals surface area contributed by atoms with Crippen molar-refractivity contribution >= 4 is 97.3 Å². The normalized spacial score (nSPS) is 19.3. The molecule has 2 aliphatic rings. The fourth-order valence-electron chi connectivity index (χ4n) is 4.39. The Labute approximate surface area is 233 Å². The molecule has 0 N–H and O–H groups in total. The van der Waals surface area contributed by atoms with Gasteiger partial charge in [-0.1, -0.05) is 92.1 Å². The van der Waals surface area contributed by atoms with Gasteiger partial charge in [-0.3, -0.25) is 19.3 Å². The van der Waals surface area contributed by atoms with Crippen LogP contribution in [-0.2, 0) is 4.79 Å². The molecular formula is C24H12BrCl5N2O3. The lowest BCUT2D eigenvalue weighted by molar-refractivity contribution is -0.130. The first-order chi connectivity index (χ1) is 16.5. The van der Waals surface area contributed by atoms with Gasteiger partial charge in [0.1, 0.15) is 6.04 Å². The highest BCUT2D eigenvalue weighted by atomic mass is 79.9. The molecule has 2 aliphatic heterocycles. The number of nitrogens with zero attached hydrogens (tertiary/aromatic N) is 2. The zero-order valence-corrected chi connectivity index (χ0v) is 22.9. The van der Waals surface area contributed by atoms with Crippen molar-refractivity contribution in [2.45, 2.75) is 19.0 Å². The minimum Gasteiger partial charge on any atom is -0.300 e. The van der Waals surface area contributed by atoms with Crippen LogP contribution in [0.4, 0.5) is 5.69 Å². The van der Waals surface area contributed by atoms with E-state index in [9.17, 15) is 14.4 Å². The largest absolute Gasteiger partial charge is 0.300 e. The van der Waals surface area contributed by atoms with Crippen molar-refractivity contribution in [3.8, 4) is 0 Å². The van der Waals surface area contributed by atoms with Crippen LogP contribution in [0.25, 0.3) is 0 Å². The maximum atomic E-state index is 13.6. The molecule has 5 rings (SSSR count). The first-order valence-corrected chi connectivity index (χ1v) is 12.8. The number of halogens is 6. The van der Waals surface area contributed by atoms with Crippen LogP contribution in [0.2, 0.25) is 25.1 Å². The number of amides is 3. The summed E-state index contributed by atoms with van der Waals surface area (Å²) in [4.78, 5) is 42.9. The van der Waals surface area contributed by atoms with E-state index in [0.717, 1.165) is 14.9 Å². The second-order valence-corrected chi connectivity index (χ2v) is 10.9. The number of hydrogen-bond acceptors (Lipinski definition) is 3. The van der Waals surface area contributed by atoms with Gasteiger partial charge in [0.15, 0.2) is 0 Å². The van der Waals surface area contributed by atoms with Crippen LogP contribution >= 0.6 is 73.9 Å². The molecule has 3 aromatic carbocycles. The molecule has 2 heterocycles. The van der Waals surface area contributed by atoms with Crippen LogP contribution in [-0.4, -0.2) is 28.7 Å². The average molecular weight is 634 g/mol. The Hall–Kier alpha value is -1.80. The topological polar surface area (TPSA) is 57.7 Å². The van der Waals surface area contributed by atoms with Crippen molar-refractivity contribution in [2.24, 2.45) is 0 Å². The quantitative estimate of drug-likeness (QED) is 0.128. The number of carbonyl (C=O) groups is 3. The Morgan fingerprint density at radius 1 is 0.743 bits per heavy atom. The lowest BCUT2D eigenvalue weighted by Gasteiger charge is -2.49. The number of hydrogen-bond donors (Lipinski definition) is 0. The van der Waals surface area contributed by atoms with E-state index in [4.69, 9.17) is 58.0 Å². The van der Waals surface area contributed by atoms with E-state index in [1.165, 1.54) is 4.90 Å². The first kappa shape index (κ1) is 24.9. The van der Waals surface area contributed by atoms with Crippen LogP contribution in [0.1, 0.15) is 37.9 Å². The van der Waals surface area contributed by atoms with Crippen molar-refractivity contribution in [1.29, 1.82) is 0 Å². The van der Waals surface area contributed by atoms with E-state index < -0.39 is 29.8 Å². The Morgan fingerprint density at radius 2 is 1.34 bits per heavy atom. The molecule has 1 fully saturated rings. The number of anilines is 1. The highest BCUT2D eigenvalue weighted by Gasteiger charge is 2.58. The minimum atomic E-state index is -1.15. The summed E-state index contributed by atoms with van der Waals surface area (Å²) < 4.78 is 0.766. The van der Waals surface area contributed by atoms with Gasteiger partial charge in [-0.2, -0.15) is 0 Å². The molecule has 35 heavy (non-hydrogen) atoms. The van der Waals surface area contributed by atoms with Gasteiger partial charge in [-0.25, -0.2) is 0 Å². The molecule has 5 nitrogen and oxygen atoms in total. The lowest BCUT2D eigenvalue weighted by Crippen LogP contribution is -2.67. The molecule has 178 valence electrons. The summed E-state index contributed by atoms with van der Waals surface area (Å²) in [6, 6.07) is 10.6. The van der Waals surface area contributed by atoms with E-state index in [-0.39, 0.29) is 31.2 Å². The zero-order valence-electron chi connectivity index (χ0n) is 17.6. The summed E-state index contributed by atoms with van der Waals surface area (Å²) in [7, 11) is 0. The Morgan fingerprint density at radius 3 is 1.89 bits per heavy atom. The number of benzene rings is 3. The van der Waals surface area contributed by atoms with Crippen LogP contribution in [0, 0.1) is 6.92 Å². The molecule has 3 aromatic rings. The van der Waals surface area contributed by atoms with Crippen molar-refractivity contribution in [1.82, 2.24) is 4.90 Å². The van der Waals surface area contributed by atoms with E-state index in [2.05, 4.69) is 15.9 Å². The second kappa shape index (κ2) is 8.94. The third-order valence-electron chi connectivity index (χ3n) is 6.10. The maximum absolute atomic E-state index is 13.6. The van der Waals surface area contributed by atoms with Crippen molar-refractivity contribution in [3.63, 3.8) is 0 Å². The van der Waals surface area contributed by atoms with Gasteiger partial charge in [0.05, 0.1) is 37.3 Å². The molecule has 0 radical (unpaired) electrons. The zero-order chi connectivity index (χ0) is 25.3. The number of carbonyl (C=O) groups excluding carboxylic acids is 3. The number of β-lactam (4-membered cyclic amide) rings is 1. The Balaban J connectivity index is 1.65. The molecule has 0 spiro atoms. The van der Waals surface area contributed by atoms with Gasteiger partial charge < -0.3 is 4.90 Å². The molecule has 3 amide bonds. The van der Waals surface area contributed by atoms with E-state index in [1.54, 1.807) is 24.3 Å². The average Bonchev–Trinajstić information content (AvgIpc) is 3.07. The molecular weight excluding hydrogens is 621 g/mol. The fourth-order valence-corrected chi connectivity index (χ4v) is 5.99. The minimum absolute atomic E-state index is 0.139. The highest BCUT2D eigenvalue weighted by Crippen LogP contribution is 2.49. The second-order valence-electron chi connectivity index (χ2n) is 8.07. The lowest BCUT2D eigenvalue weighted by atomic mass is 9.86. The number of rotatable bonds is 3. The molecule has 0 unspecified atom stereocenters. The molecule has 0 saturated carbocycles. The predicted octanol–water partition coefficient (Wildman–Crippen LogP) is 7.78. The first-order valence-electron chi connectivity index (χ1n) is 10.1. The smallest absolute Gasteiger partial charge is 0.264 e. The summed E-state index contributed by atoms with van der Waals surface area (Å²) in [5, 5.41) is -0.177. The van der Waals surface area contributed by atoms with Gasteiger partial charge >= 0.3 is 0 Å². The standard InChI is InChI=1S/C24H12BrCl5N2O3/c1-9-5-6-12(8-13(9)26)31-20(10-3-2-4-11(25)7-10)21(24(31)35)32-22(33)14-15(23(32)34)17(28)19(30)18(29)16(14)27/h2-8,20-21H,1H3/t20-,21+/m0/s1. The summed E-state index contributed by atoms with van der Waals surface area (Å²) in [5.74, 6) is -2.00. The maximum Gasteiger partial charge on any atom is 0.264 e. The van der Waals surface area contributed by atoms with Crippen molar-refractivity contribution in [3.05, 3.63) is 94.3 Å². The predicted molar refractivity (Wildman–Crippen MR) is 141 cm³/mol. The van der Waals surface area contributed by atoms with Crippen molar-refractivity contribution < 1.29 is 14.4 Å². The van der Waals surface area contributed by atoms with Crippen LogP contribution in [0.5, 0.6) is 0 Å². The van der Waals surface area contributed by atoms with Crippen LogP contribution in [0.15, 0.2) is 46.9 Å². The summed E-state index contributed by atoms with van der Waals surface area (Å²) in [6.07, 6.45) is 0. The summed E-state index contributed by atoms with van der Waals surface area (Å²) in [5.41, 5.74) is 1.73. The van der Waals surface area contributed by atoms with Crippen molar-refractivity contribution in [2.75, 3.05) is 4.90 Å². The summed E-state index contributed by atoms with van der Waals surface area (Å²) in [6.45, 7) is 1.85. The SMILES string of the molecule is Cc1ccc(N2C(=O)[C@H](N3C(=O)c4c(Cl)c(Cl)c(Cl)c(Cl)c4C3=O)[C@@H]2c2cccc(Br)c2)cc1Cl. The fraction of sp³-hybridized carbons (Fsp3) is 0.125. The highest BCUT2D eigenvalue weighted by molar-refractivity contribution is 9.10. The monoisotopic (exact) mass is 630 g/mol. The summed E-state index contributed by atoms with van der Waals surface area (Å²) >= 11 is 34.6. The van der Waals surface area contributed by atoms with Gasteiger partial charge in [0.2, 0.25) is 0 Å². The number of imide groups is 1. The number of aryl methyl sites for hydroxylation is 1. The van der Waals surface area contributed by atoms with Gasteiger partial charge in [-0.15, -0.1) is 0 Å². The van der Waals surface area contributed by atoms with Crippen LogP contribution < -0.4 is 4.90 Å². The van der Waals surface area contributed by atoms with E-state index in [0.29, 0.717) is 16.3 Å². The molecule has 0 aromatic heterocycles. The Bertz CT molecular complexity index is 1430. The van der Waals surface area contributed by atoms with E-state index in [1.807, 2.05) is 25.1 Å². The third kappa shape index (κ3) is 3.69. The van der Waals surface area contributed by atoms with Gasteiger partial charge in [0, 0.05) is 15.2 Å². The Kier molecular flexibility index (Phi) is 6.36. The van der Waals surface area contributed by atoms with Crippen LogP contribution in [0.3, 0.4) is 0 Å². The molecule has 2 atom stereocenters. The molecule has 0 aliphatic carbocycles. The van der Waals surface area contributed by atoms with Gasteiger partial charge in [0.25, 0.3) is 17.7 Å². The van der Waals surface area contributed by atoms with E-state index >= 15 is 0 Å². The molecule has 0 bridgehead atoms. The molecule has 1 saturated heterocycles. The van der Waals surface area contributed by atoms with Gasteiger partial charge in [-0.05, 0) is 42.3 Å².